The Balaban J connectivity index is 1.17. The molecule has 1 aliphatic heterocycles. The number of likely N-dealkylation sites (tertiary alicyclic amines) is 1. The third kappa shape index (κ3) is 3.53. The normalized spacial score (nSPS) is 18.1. The van der Waals surface area contributed by atoms with Crippen LogP contribution in [-0.4, -0.2) is 38.9 Å². The second-order valence-electron chi connectivity index (χ2n) is 10.6. The lowest BCUT2D eigenvalue weighted by Crippen LogP contribution is -2.36. The van der Waals surface area contributed by atoms with Crippen LogP contribution in [0.2, 0.25) is 0 Å². The largest absolute Gasteiger partial charge is 0.361 e. The van der Waals surface area contributed by atoms with Crippen molar-refractivity contribution in [3.8, 4) is 12.3 Å². The quantitative estimate of drug-likeness (QED) is 0.201. The molecule has 1 saturated heterocycles. The number of aromatic nitrogens is 2. The first-order valence-electron chi connectivity index (χ1n) is 13.2. The van der Waals surface area contributed by atoms with Crippen LogP contribution in [0.3, 0.4) is 0 Å². The van der Waals surface area contributed by atoms with E-state index >= 15 is 0 Å². The summed E-state index contributed by atoms with van der Waals surface area (Å²) in [6.45, 7) is 2.50. The van der Waals surface area contributed by atoms with Crippen molar-refractivity contribution in [2.45, 2.75) is 31.6 Å². The van der Waals surface area contributed by atoms with Gasteiger partial charge in [-0.15, -0.1) is 23.7 Å². The van der Waals surface area contributed by atoms with Crippen molar-refractivity contribution in [2.75, 3.05) is 6.54 Å². The predicted molar refractivity (Wildman–Crippen MR) is 157 cm³/mol. The van der Waals surface area contributed by atoms with Gasteiger partial charge in [0.05, 0.1) is 10.3 Å². The summed E-state index contributed by atoms with van der Waals surface area (Å²) in [5.74, 6) is 2.60. The van der Waals surface area contributed by atoms with E-state index in [0.29, 0.717) is 36.2 Å². The molecule has 0 saturated carbocycles. The Morgan fingerprint density at radius 2 is 1.93 bits per heavy atom. The van der Waals surface area contributed by atoms with Gasteiger partial charge < -0.3 is 14.9 Å². The maximum absolute atomic E-state index is 13.8. The smallest absolute Gasteiger partial charge is 0.258 e. The fourth-order valence-corrected chi connectivity index (χ4v) is 7.52. The van der Waals surface area contributed by atoms with E-state index in [1.165, 1.54) is 11.3 Å². The van der Waals surface area contributed by atoms with Crippen LogP contribution < -0.4 is 0 Å². The molecule has 2 aromatic carbocycles. The Labute approximate surface area is 234 Å². The number of nitrogens with zero attached hydrogens (tertiary/aromatic N) is 1. The van der Waals surface area contributed by atoms with Gasteiger partial charge in [0.15, 0.2) is 11.6 Å². The number of allylic oxidation sites excluding steroid dienone is 2. The van der Waals surface area contributed by atoms with E-state index < -0.39 is 5.41 Å². The number of carbonyl (C=O) groups is 3. The molecule has 1 amide bonds. The van der Waals surface area contributed by atoms with Crippen LogP contribution >= 0.6 is 11.3 Å². The molecule has 2 aliphatic rings. The van der Waals surface area contributed by atoms with Gasteiger partial charge in [0.25, 0.3) is 5.91 Å². The molecule has 7 heteroatoms. The van der Waals surface area contributed by atoms with Gasteiger partial charge in [-0.1, -0.05) is 18.2 Å². The van der Waals surface area contributed by atoms with E-state index in [1.54, 1.807) is 17.0 Å². The molecule has 7 rings (SSSR count). The molecular weight excluding hydrogens is 518 g/mol. The lowest BCUT2D eigenvalue weighted by atomic mass is 9.70. The van der Waals surface area contributed by atoms with Crippen molar-refractivity contribution in [3.63, 3.8) is 0 Å². The summed E-state index contributed by atoms with van der Waals surface area (Å²) in [5, 5.41) is 3.97. The fourth-order valence-electron chi connectivity index (χ4n) is 6.46. The highest BCUT2D eigenvalue weighted by Crippen LogP contribution is 2.52. The number of benzene rings is 2. The number of rotatable bonds is 5. The monoisotopic (exact) mass is 543 g/mol. The van der Waals surface area contributed by atoms with Crippen LogP contribution in [0.4, 0.5) is 0 Å². The molecule has 0 radical (unpaired) electrons. The van der Waals surface area contributed by atoms with Crippen LogP contribution in [0.5, 0.6) is 0 Å². The molecule has 1 fully saturated rings. The average molecular weight is 544 g/mol. The number of H-pyrrole nitrogens is 2. The topological polar surface area (TPSA) is 86.0 Å². The number of terminal acetylenes is 1. The first-order valence-corrected chi connectivity index (χ1v) is 14.1. The van der Waals surface area contributed by atoms with Crippen LogP contribution in [0.25, 0.3) is 21.8 Å². The van der Waals surface area contributed by atoms with Crippen LogP contribution in [0, 0.1) is 19.3 Å². The maximum atomic E-state index is 13.8. The number of Topliss-reactive ketones (excluding diaryl/α,β-unsaturated/α-hetero) is 1. The van der Waals surface area contributed by atoms with E-state index in [1.807, 2.05) is 61.1 Å². The minimum atomic E-state index is -0.523. The van der Waals surface area contributed by atoms with Crippen molar-refractivity contribution in [1.82, 2.24) is 14.9 Å². The lowest BCUT2D eigenvalue weighted by molar-refractivity contribution is 0.0821. The van der Waals surface area contributed by atoms with Crippen LogP contribution in [0.15, 0.2) is 72.0 Å². The zero-order valence-corrected chi connectivity index (χ0v) is 22.7. The summed E-state index contributed by atoms with van der Waals surface area (Å²) in [5.41, 5.74) is 5.97. The number of carbonyl (C=O) groups excluding carboxylic acids is 3. The van der Waals surface area contributed by atoms with Crippen molar-refractivity contribution in [2.24, 2.45) is 0 Å². The number of aryl methyl sites for hydroxylation is 1. The SMILES string of the molecule is C#CC[C@]12CCN(C(=O)c3ccc4c(CC(=O)c5ccc6cc[nH]c6c5)c[nH]c4c3)C1=CC(=O)c1scc(C)c12. The number of ketones is 2. The van der Waals surface area contributed by atoms with E-state index in [2.05, 4.69) is 15.9 Å². The van der Waals surface area contributed by atoms with Gasteiger partial charge in [-0.25, -0.2) is 0 Å². The number of thiophene rings is 1. The Kier molecular flexibility index (Phi) is 5.45. The summed E-state index contributed by atoms with van der Waals surface area (Å²) in [6.07, 6.45) is 12.5. The number of aromatic amines is 2. The number of fused-ring (bicyclic) bond motifs is 5. The van der Waals surface area contributed by atoms with Gasteiger partial charge >= 0.3 is 0 Å². The highest BCUT2D eigenvalue weighted by molar-refractivity contribution is 7.12. The number of hydrogen-bond donors (Lipinski definition) is 2. The van der Waals surface area contributed by atoms with Crippen molar-refractivity contribution in [3.05, 3.63) is 105 Å². The third-order valence-corrected chi connectivity index (χ3v) is 9.49. The molecule has 4 heterocycles. The molecule has 1 atom stereocenters. The summed E-state index contributed by atoms with van der Waals surface area (Å²) in [4.78, 5) is 48.8. The van der Waals surface area contributed by atoms with Crippen LogP contribution in [-0.2, 0) is 11.8 Å². The number of amides is 1. The Morgan fingerprint density at radius 3 is 2.77 bits per heavy atom. The molecule has 0 spiro atoms. The second-order valence-corrected chi connectivity index (χ2v) is 11.5. The zero-order chi connectivity index (χ0) is 27.6. The predicted octanol–water partition coefficient (Wildman–Crippen LogP) is 6.33. The standard InChI is InChI=1S/C33H25N3O3S/c1-3-9-33-10-12-36(29(33)16-28(38)31-30(33)19(2)18-40-31)32(39)22-6-7-24-23(17-35-26(24)14-22)15-27(37)21-5-4-20-8-11-34-25(20)13-21/h1,4-8,11,13-14,16-18,34-35H,9-10,12,15H2,2H3/t33-/m0/s1. The van der Waals surface area contributed by atoms with Crippen molar-refractivity contribution < 1.29 is 14.4 Å². The molecule has 5 aromatic rings. The zero-order valence-electron chi connectivity index (χ0n) is 21.8. The fraction of sp³-hybridized carbons (Fsp3) is 0.182. The first kappa shape index (κ1) is 24.4. The van der Waals surface area contributed by atoms with Gasteiger partial charge in [0.1, 0.15) is 0 Å². The van der Waals surface area contributed by atoms with Gasteiger partial charge in [-0.05, 0) is 65.1 Å². The second kappa shape index (κ2) is 8.94. The molecule has 2 N–H and O–H groups in total. The minimum absolute atomic E-state index is 0.0245. The van der Waals surface area contributed by atoms with E-state index in [0.717, 1.165) is 43.4 Å². The van der Waals surface area contributed by atoms with Gasteiger partial charge in [0, 0.05) is 71.1 Å². The molecular formula is C33H25N3O3S. The highest BCUT2D eigenvalue weighted by atomic mass is 32.1. The summed E-state index contributed by atoms with van der Waals surface area (Å²) in [6, 6.07) is 13.2. The highest BCUT2D eigenvalue weighted by Gasteiger charge is 2.51. The molecule has 6 nitrogen and oxygen atoms in total. The number of nitrogens with one attached hydrogen (secondary N) is 2. The first-order chi connectivity index (χ1) is 19.4. The van der Waals surface area contributed by atoms with Gasteiger partial charge in [-0.2, -0.15) is 0 Å². The molecule has 196 valence electrons. The molecule has 0 bridgehead atoms. The third-order valence-electron chi connectivity index (χ3n) is 8.38. The molecule has 3 aromatic heterocycles. The van der Waals surface area contributed by atoms with Crippen molar-refractivity contribution in [1.29, 1.82) is 0 Å². The van der Waals surface area contributed by atoms with Gasteiger partial charge in [-0.3, -0.25) is 14.4 Å². The number of hydrogen-bond acceptors (Lipinski definition) is 4. The summed E-state index contributed by atoms with van der Waals surface area (Å²) >= 11 is 1.45. The van der Waals surface area contributed by atoms with E-state index in [4.69, 9.17) is 6.42 Å². The van der Waals surface area contributed by atoms with Gasteiger partial charge in [0.2, 0.25) is 0 Å². The van der Waals surface area contributed by atoms with Crippen LogP contribution in [0.1, 0.15) is 59.9 Å². The molecule has 1 aliphatic carbocycles. The Hall–Kier alpha value is -4.67. The summed E-state index contributed by atoms with van der Waals surface area (Å²) < 4.78 is 0. The van der Waals surface area contributed by atoms with E-state index in [9.17, 15) is 14.4 Å². The molecule has 0 unspecified atom stereocenters. The summed E-state index contributed by atoms with van der Waals surface area (Å²) in [7, 11) is 0. The minimum Gasteiger partial charge on any atom is -0.361 e. The molecule has 40 heavy (non-hydrogen) atoms. The van der Waals surface area contributed by atoms with E-state index in [-0.39, 0.29) is 23.9 Å². The van der Waals surface area contributed by atoms with Crippen molar-refractivity contribution >= 4 is 50.6 Å². The maximum Gasteiger partial charge on any atom is 0.258 e. The Morgan fingerprint density at radius 1 is 1.10 bits per heavy atom. The Bertz CT molecular complexity index is 1960. The lowest BCUT2D eigenvalue weighted by Gasteiger charge is -2.34. The average Bonchev–Trinajstić information content (AvgIpc) is 3.74.